The van der Waals surface area contributed by atoms with E-state index in [0.717, 1.165) is 19.3 Å². The molecule has 0 saturated heterocycles. The van der Waals surface area contributed by atoms with E-state index in [1.54, 1.807) is 0 Å². The number of carbonyl (C=O) groups excluding carboxylic acids is 1. The number of ether oxygens (including phenoxy) is 1. The Bertz CT molecular complexity index is 220. The Morgan fingerprint density at radius 1 is 1.36 bits per heavy atom. The van der Waals surface area contributed by atoms with E-state index in [1.807, 2.05) is 6.92 Å². The molecule has 0 aliphatic heterocycles. The van der Waals surface area contributed by atoms with Crippen LogP contribution in [0.5, 0.6) is 0 Å². The lowest BCUT2D eigenvalue weighted by molar-refractivity contribution is -0.149. The van der Waals surface area contributed by atoms with Crippen LogP contribution < -0.4 is 5.73 Å². The van der Waals surface area contributed by atoms with Crippen molar-refractivity contribution >= 4 is 18.4 Å². The summed E-state index contributed by atoms with van der Waals surface area (Å²) in [6.45, 7) is 2.36. The standard InChI is InChI=1S/C10H17NO2.ClH/c1-2-13-10(12)8-4-7-3-6(8)5-9(7)11;/h6-9H,2-5,11H2,1H3;1H. The smallest absolute Gasteiger partial charge is 0.309 e. The van der Waals surface area contributed by atoms with Gasteiger partial charge in [-0.3, -0.25) is 4.79 Å². The summed E-state index contributed by atoms with van der Waals surface area (Å²) in [4.78, 5) is 11.5. The maximum absolute atomic E-state index is 11.5. The van der Waals surface area contributed by atoms with Crippen LogP contribution in [0.2, 0.25) is 0 Å². The Hall–Kier alpha value is -0.280. The first-order valence-electron chi connectivity index (χ1n) is 5.14. The maximum Gasteiger partial charge on any atom is 0.309 e. The van der Waals surface area contributed by atoms with Gasteiger partial charge in [0.15, 0.2) is 0 Å². The lowest BCUT2D eigenvalue weighted by atomic mass is 9.86. The summed E-state index contributed by atoms with van der Waals surface area (Å²) in [5.41, 5.74) is 5.90. The third-order valence-electron chi connectivity index (χ3n) is 3.50. The van der Waals surface area contributed by atoms with Crippen molar-refractivity contribution in [1.82, 2.24) is 0 Å². The monoisotopic (exact) mass is 219 g/mol. The summed E-state index contributed by atoms with van der Waals surface area (Å²) in [6.07, 6.45) is 3.13. The summed E-state index contributed by atoms with van der Waals surface area (Å²) in [5, 5.41) is 0. The quantitative estimate of drug-likeness (QED) is 0.714. The van der Waals surface area contributed by atoms with Gasteiger partial charge in [0.05, 0.1) is 12.5 Å². The minimum atomic E-state index is 0. The lowest BCUT2D eigenvalue weighted by Gasteiger charge is -2.23. The zero-order valence-electron chi connectivity index (χ0n) is 8.44. The van der Waals surface area contributed by atoms with Crippen molar-refractivity contribution in [3.63, 3.8) is 0 Å². The Labute approximate surface area is 90.8 Å². The highest BCUT2D eigenvalue weighted by Crippen LogP contribution is 2.48. The molecule has 4 unspecified atom stereocenters. The van der Waals surface area contributed by atoms with Crippen LogP contribution in [0.4, 0.5) is 0 Å². The van der Waals surface area contributed by atoms with Gasteiger partial charge in [0.25, 0.3) is 0 Å². The third-order valence-corrected chi connectivity index (χ3v) is 3.50. The number of carbonyl (C=O) groups is 1. The number of halogens is 1. The van der Waals surface area contributed by atoms with Gasteiger partial charge >= 0.3 is 5.97 Å². The van der Waals surface area contributed by atoms with Gasteiger partial charge in [0.1, 0.15) is 0 Å². The highest BCUT2D eigenvalue weighted by molar-refractivity contribution is 5.85. The van der Waals surface area contributed by atoms with Crippen LogP contribution in [0.3, 0.4) is 0 Å². The van der Waals surface area contributed by atoms with Crippen LogP contribution in [-0.2, 0) is 9.53 Å². The van der Waals surface area contributed by atoms with Gasteiger partial charge in [-0.05, 0) is 38.0 Å². The highest BCUT2D eigenvalue weighted by Gasteiger charge is 2.47. The molecule has 2 aliphatic carbocycles. The molecule has 2 saturated carbocycles. The molecule has 0 heterocycles. The number of hydrogen-bond acceptors (Lipinski definition) is 3. The maximum atomic E-state index is 11.5. The van der Waals surface area contributed by atoms with Gasteiger partial charge in [0, 0.05) is 6.04 Å². The van der Waals surface area contributed by atoms with E-state index in [4.69, 9.17) is 10.5 Å². The first-order valence-corrected chi connectivity index (χ1v) is 5.14. The average Bonchev–Trinajstić information content (AvgIpc) is 2.62. The molecule has 2 fully saturated rings. The zero-order chi connectivity index (χ0) is 9.42. The predicted octanol–water partition coefficient (Wildman–Crippen LogP) is 1.34. The van der Waals surface area contributed by atoms with E-state index in [0.29, 0.717) is 24.5 Å². The Morgan fingerprint density at radius 3 is 2.50 bits per heavy atom. The van der Waals surface area contributed by atoms with E-state index in [2.05, 4.69) is 0 Å². The van der Waals surface area contributed by atoms with E-state index in [1.165, 1.54) is 0 Å². The van der Waals surface area contributed by atoms with Gasteiger partial charge < -0.3 is 10.5 Å². The fraction of sp³-hybridized carbons (Fsp3) is 0.900. The molecule has 4 atom stereocenters. The zero-order valence-corrected chi connectivity index (χ0v) is 9.26. The number of nitrogens with two attached hydrogens (primary N) is 1. The molecule has 2 bridgehead atoms. The predicted molar refractivity (Wildman–Crippen MR) is 56.2 cm³/mol. The van der Waals surface area contributed by atoms with Crippen molar-refractivity contribution in [3.8, 4) is 0 Å². The summed E-state index contributed by atoms with van der Waals surface area (Å²) >= 11 is 0. The fourth-order valence-electron chi connectivity index (χ4n) is 2.86. The molecule has 0 aromatic heterocycles. The number of fused-ring (bicyclic) bond motifs is 2. The lowest BCUT2D eigenvalue weighted by Crippen LogP contribution is -2.33. The molecule has 2 N–H and O–H groups in total. The average molecular weight is 220 g/mol. The van der Waals surface area contributed by atoms with Gasteiger partial charge in [0.2, 0.25) is 0 Å². The topological polar surface area (TPSA) is 52.3 Å². The van der Waals surface area contributed by atoms with E-state index >= 15 is 0 Å². The number of rotatable bonds is 2. The van der Waals surface area contributed by atoms with Crippen molar-refractivity contribution < 1.29 is 9.53 Å². The van der Waals surface area contributed by atoms with Crippen LogP contribution >= 0.6 is 12.4 Å². The largest absolute Gasteiger partial charge is 0.466 e. The highest BCUT2D eigenvalue weighted by atomic mass is 35.5. The Morgan fingerprint density at radius 2 is 2.07 bits per heavy atom. The van der Waals surface area contributed by atoms with Crippen molar-refractivity contribution in [3.05, 3.63) is 0 Å². The molecule has 0 aromatic carbocycles. The number of hydrogen-bond donors (Lipinski definition) is 1. The first-order chi connectivity index (χ1) is 6.22. The first kappa shape index (κ1) is 11.8. The van der Waals surface area contributed by atoms with Crippen LogP contribution in [0.25, 0.3) is 0 Å². The van der Waals surface area contributed by atoms with E-state index in [9.17, 15) is 4.79 Å². The molecule has 0 aromatic rings. The molecule has 0 amide bonds. The minimum absolute atomic E-state index is 0. The van der Waals surface area contributed by atoms with Crippen LogP contribution in [-0.4, -0.2) is 18.6 Å². The SMILES string of the molecule is CCOC(=O)C1CC2CC1CC2N.Cl. The van der Waals surface area contributed by atoms with Crippen LogP contribution in [0, 0.1) is 17.8 Å². The minimum Gasteiger partial charge on any atom is -0.466 e. The molecule has 3 nitrogen and oxygen atoms in total. The van der Waals surface area contributed by atoms with Crippen LogP contribution in [0.15, 0.2) is 0 Å². The summed E-state index contributed by atoms with van der Waals surface area (Å²) in [5.74, 6) is 1.25. The molecule has 2 aliphatic rings. The molecule has 4 heteroatoms. The summed E-state index contributed by atoms with van der Waals surface area (Å²) < 4.78 is 5.03. The van der Waals surface area contributed by atoms with Crippen molar-refractivity contribution in [1.29, 1.82) is 0 Å². The molecule has 0 spiro atoms. The Kier molecular flexibility index (Phi) is 3.78. The van der Waals surface area contributed by atoms with Gasteiger partial charge in [-0.1, -0.05) is 0 Å². The molecule has 0 radical (unpaired) electrons. The van der Waals surface area contributed by atoms with Crippen molar-refractivity contribution in [2.24, 2.45) is 23.5 Å². The third kappa shape index (κ3) is 1.89. The second kappa shape index (κ2) is 4.49. The summed E-state index contributed by atoms with van der Waals surface area (Å²) in [7, 11) is 0. The van der Waals surface area contributed by atoms with Gasteiger partial charge in [-0.2, -0.15) is 0 Å². The van der Waals surface area contributed by atoms with Gasteiger partial charge in [-0.15, -0.1) is 12.4 Å². The Balaban J connectivity index is 0.000000980. The molecule has 82 valence electrons. The molecule has 14 heavy (non-hydrogen) atoms. The number of esters is 1. The van der Waals surface area contributed by atoms with E-state index < -0.39 is 0 Å². The van der Waals surface area contributed by atoms with Crippen molar-refractivity contribution in [2.75, 3.05) is 6.61 Å². The normalized spacial score (nSPS) is 39.3. The molecular weight excluding hydrogens is 202 g/mol. The van der Waals surface area contributed by atoms with E-state index in [-0.39, 0.29) is 24.3 Å². The van der Waals surface area contributed by atoms with Gasteiger partial charge in [-0.25, -0.2) is 0 Å². The van der Waals surface area contributed by atoms with Crippen LogP contribution in [0.1, 0.15) is 26.2 Å². The van der Waals surface area contributed by atoms with Crippen molar-refractivity contribution in [2.45, 2.75) is 32.2 Å². The fourth-order valence-corrected chi connectivity index (χ4v) is 2.86. The summed E-state index contributed by atoms with van der Waals surface area (Å²) in [6, 6.07) is 0.343. The second-order valence-electron chi connectivity index (χ2n) is 4.25. The molecule has 2 rings (SSSR count). The second-order valence-corrected chi connectivity index (χ2v) is 4.25. The molecular formula is C10H18ClNO2.